The number of fused-ring (bicyclic) bond motifs is 5. The van der Waals surface area contributed by atoms with Crippen LogP contribution in [0.3, 0.4) is 0 Å². The molecule has 4 aromatic carbocycles. The van der Waals surface area contributed by atoms with Crippen LogP contribution in [0.1, 0.15) is 0 Å². The normalized spacial score (nSPS) is 11.4. The Morgan fingerprint density at radius 2 is 1.16 bits per heavy atom. The molecule has 0 spiro atoms. The van der Waals surface area contributed by atoms with Crippen LogP contribution < -0.4 is 5.56 Å². The fraction of sp³-hybridized carbons (Fsp3) is 0. The number of aromatic nitrogens is 1. The van der Waals surface area contributed by atoms with E-state index in [2.05, 4.69) is 47.4 Å². The van der Waals surface area contributed by atoms with Crippen LogP contribution in [0, 0.1) is 0 Å². The maximum Gasteiger partial charge on any atom is 0.256 e. The second-order valence-electron chi connectivity index (χ2n) is 6.26. The first kappa shape index (κ1) is 14.0. The number of pyridine rings is 1. The maximum atomic E-state index is 12.5. The number of aromatic amines is 1. The zero-order valence-corrected chi connectivity index (χ0v) is 13.5. The molecule has 0 bridgehead atoms. The molecule has 0 fully saturated rings. The molecule has 0 amide bonds. The lowest BCUT2D eigenvalue weighted by Gasteiger charge is -2.12. The van der Waals surface area contributed by atoms with E-state index < -0.39 is 0 Å². The molecule has 1 heterocycles. The van der Waals surface area contributed by atoms with Gasteiger partial charge in [0.2, 0.25) is 0 Å². The molecule has 5 rings (SSSR count). The van der Waals surface area contributed by atoms with Gasteiger partial charge in [-0.05, 0) is 39.4 Å². The van der Waals surface area contributed by atoms with Crippen LogP contribution >= 0.6 is 0 Å². The number of benzene rings is 4. The SMILES string of the molecule is O=c1[nH]c2cc(-c3ccccc3)c3ccccc3c2c2ccccc12. The van der Waals surface area contributed by atoms with Crippen molar-refractivity contribution in [1.82, 2.24) is 4.98 Å². The fourth-order valence-corrected chi connectivity index (χ4v) is 3.71. The molecule has 0 unspecified atom stereocenters. The molecular weight excluding hydrogens is 306 g/mol. The van der Waals surface area contributed by atoms with Crippen LogP contribution in [-0.2, 0) is 0 Å². The van der Waals surface area contributed by atoms with Crippen molar-refractivity contribution < 1.29 is 0 Å². The van der Waals surface area contributed by atoms with Gasteiger partial charge >= 0.3 is 0 Å². The highest BCUT2D eigenvalue weighted by Gasteiger charge is 2.12. The van der Waals surface area contributed by atoms with Crippen molar-refractivity contribution in [2.24, 2.45) is 0 Å². The number of nitrogens with one attached hydrogen (secondary N) is 1. The van der Waals surface area contributed by atoms with E-state index in [1.165, 1.54) is 5.39 Å². The summed E-state index contributed by atoms with van der Waals surface area (Å²) in [5.74, 6) is 0. The maximum absolute atomic E-state index is 12.5. The summed E-state index contributed by atoms with van der Waals surface area (Å²) in [4.78, 5) is 15.6. The Morgan fingerprint density at radius 1 is 0.600 bits per heavy atom. The van der Waals surface area contributed by atoms with Crippen LogP contribution in [0.5, 0.6) is 0 Å². The van der Waals surface area contributed by atoms with E-state index >= 15 is 0 Å². The molecule has 2 heteroatoms. The summed E-state index contributed by atoms with van der Waals surface area (Å²) in [6, 6.07) is 28.6. The third-order valence-electron chi connectivity index (χ3n) is 4.82. The van der Waals surface area contributed by atoms with Gasteiger partial charge in [-0.15, -0.1) is 0 Å². The van der Waals surface area contributed by atoms with Crippen LogP contribution in [0.15, 0.2) is 89.7 Å². The second kappa shape index (κ2) is 5.32. The largest absolute Gasteiger partial charge is 0.321 e. The van der Waals surface area contributed by atoms with E-state index in [1.54, 1.807) is 0 Å². The number of H-pyrrole nitrogens is 1. The number of hydrogen-bond acceptors (Lipinski definition) is 1. The lowest BCUT2D eigenvalue weighted by Crippen LogP contribution is -2.06. The predicted molar refractivity (Wildman–Crippen MR) is 105 cm³/mol. The van der Waals surface area contributed by atoms with Gasteiger partial charge < -0.3 is 4.98 Å². The van der Waals surface area contributed by atoms with Crippen molar-refractivity contribution in [3.05, 3.63) is 95.3 Å². The molecule has 0 saturated heterocycles. The van der Waals surface area contributed by atoms with Gasteiger partial charge in [-0.25, -0.2) is 0 Å². The summed E-state index contributed by atoms with van der Waals surface area (Å²) < 4.78 is 0. The molecule has 118 valence electrons. The summed E-state index contributed by atoms with van der Waals surface area (Å²) >= 11 is 0. The third-order valence-corrected chi connectivity index (χ3v) is 4.82. The van der Waals surface area contributed by atoms with Crippen molar-refractivity contribution >= 4 is 32.4 Å². The van der Waals surface area contributed by atoms with Gasteiger partial charge in [-0.2, -0.15) is 0 Å². The summed E-state index contributed by atoms with van der Waals surface area (Å²) in [5.41, 5.74) is 3.11. The van der Waals surface area contributed by atoms with Crippen LogP contribution in [0.2, 0.25) is 0 Å². The molecule has 1 N–H and O–H groups in total. The van der Waals surface area contributed by atoms with E-state index in [9.17, 15) is 4.79 Å². The lowest BCUT2D eigenvalue weighted by molar-refractivity contribution is 1.35. The van der Waals surface area contributed by atoms with Gasteiger partial charge in [0.25, 0.3) is 5.56 Å². The highest BCUT2D eigenvalue weighted by atomic mass is 16.1. The van der Waals surface area contributed by atoms with Gasteiger partial charge in [-0.1, -0.05) is 72.8 Å². The van der Waals surface area contributed by atoms with Gasteiger partial charge in [-0.3, -0.25) is 4.79 Å². The predicted octanol–water partition coefficient (Wildman–Crippen LogP) is 5.50. The number of hydrogen-bond donors (Lipinski definition) is 1. The Morgan fingerprint density at radius 3 is 1.88 bits per heavy atom. The highest BCUT2D eigenvalue weighted by Crippen LogP contribution is 2.36. The average molecular weight is 321 g/mol. The van der Waals surface area contributed by atoms with E-state index in [0.717, 1.165) is 38.2 Å². The first-order valence-corrected chi connectivity index (χ1v) is 8.35. The molecule has 0 aliphatic rings. The van der Waals surface area contributed by atoms with Crippen molar-refractivity contribution in [1.29, 1.82) is 0 Å². The monoisotopic (exact) mass is 321 g/mol. The zero-order valence-electron chi connectivity index (χ0n) is 13.5. The highest BCUT2D eigenvalue weighted by molar-refractivity contribution is 6.21. The van der Waals surface area contributed by atoms with E-state index in [0.29, 0.717) is 0 Å². The molecule has 0 radical (unpaired) electrons. The fourth-order valence-electron chi connectivity index (χ4n) is 3.71. The van der Waals surface area contributed by atoms with Crippen LogP contribution in [-0.4, -0.2) is 4.98 Å². The molecule has 2 nitrogen and oxygen atoms in total. The summed E-state index contributed by atoms with van der Waals surface area (Å²) in [7, 11) is 0. The molecular formula is C23H15NO. The van der Waals surface area contributed by atoms with Crippen molar-refractivity contribution in [2.45, 2.75) is 0 Å². The topological polar surface area (TPSA) is 32.9 Å². The number of rotatable bonds is 1. The van der Waals surface area contributed by atoms with Crippen LogP contribution in [0.4, 0.5) is 0 Å². The Balaban J connectivity index is 2.06. The minimum absolute atomic E-state index is 0.0441. The zero-order chi connectivity index (χ0) is 16.8. The molecule has 5 aromatic rings. The quantitative estimate of drug-likeness (QED) is 0.406. The molecule has 1 aromatic heterocycles. The van der Waals surface area contributed by atoms with Crippen molar-refractivity contribution in [3.63, 3.8) is 0 Å². The molecule has 25 heavy (non-hydrogen) atoms. The standard InChI is InChI=1S/C23H15NO/c25-23-19-13-7-6-12-18(19)22-17-11-5-4-10-16(17)20(14-21(22)24-23)15-8-2-1-3-9-15/h1-14H,(H,24,25). The Kier molecular flexibility index (Phi) is 2.98. The van der Waals surface area contributed by atoms with Crippen molar-refractivity contribution in [3.8, 4) is 11.1 Å². The third kappa shape index (κ3) is 2.08. The summed E-state index contributed by atoms with van der Waals surface area (Å²) in [6.07, 6.45) is 0. The van der Waals surface area contributed by atoms with Gasteiger partial charge in [0.15, 0.2) is 0 Å². The van der Waals surface area contributed by atoms with Gasteiger partial charge in [0.1, 0.15) is 0 Å². The van der Waals surface area contributed by atoms with Crippen molar-refractivity contribution in [2.75, 3.05) is 0 Å². The van der Waals surface area contributed by atoms with Gasteiger partial charge in [0.05, 0.1) is 5.52 Å². The van der Waals surface area contributed by atoms with E-state index in [-0.39, 0.29) is 5.56 Å². The summed E-state index contributed by atoms with van der Waals surface area (Å²) in [6.45, 7) is 0. The minimum atomic E-state index is -0.0441. The molecule has 0 aliphatic carbocycles. The Hall–Kier alpha value is -3.39. The second-order valence-corrected chi connectivity index (χ2v) is 6.26. The summed E-state index contributed by atoms with van der Waals surface area (Å²) in [5, 5.41) is 5.18. The van der Waals surface area contributed by atoms with Gasteiger partial charge in [0, 0.05) is 10.8 Å². The Bertz CT molecular complexity index is 1300. The first-order valence-electron chi connectivity index (χ1n) is 8.35. The first-order chi connectivity index (χ1) is 12.3. The Labute approximate surface area is 144 Å². The lowest BCUT2D eigenvalue weighted by atomic mass is 9.93. The van der Waals surface area contributed by atoms with E-state index in [1.807, 2.05) is 42.5 Å². The molecule has 0 atom stereocenters. The van der Waals surface area contributed by atoms with Crippen LogP contribution in [0.25, 0.3) is 43.6 Å². The smallest absolute Gasteiger partial charge is 0.256 e. The molecule has 0 saturated carbocycles. The van der Waals surface area contributed by atoms with E-state index in [4.69, 9.17) is 0 Å². The molecule has 0 aliphatic heterocycles. The average Bonchev–Trinajstić information content (AvgIpc) is 2.68. The minimum Gasteiger partial charge on any atom is -0.321 e.